The molecule has 0 aliphatic carbocycles. The molecule has 11 nitrogen and oxygen atoms in total. The molecule has 1 saturated heterocycles. The zero-order valence-electron chi connectivity index (χ0n) is 21.9. The number of fused-ring (bicyclic) bond motifs is 1. The summed E-state index contributed by atoms with van der Waals surface area (Å²) in [5.41, 5.74) is 3.18. The molecule has 0 spiro atoms. The van der Waals surface area contributed by atoms with E-state index in [-0.39, 0.29) is 5.82 Å². The molecule has 1 fully saturated rings. The molecule has 1 aliphatic rings. The van der Waals surface area contributed by atoms with Crippen molar-refractivity contribution in [2.24, 2.45) is 0 Å². The van der Waals surface area contributed by atoms with Crippen LogP contribution in [-0.4, -0.2) is 74.4 Å². The van der Waals surface area contributed by atoms with Crippen molar-refractivity contribution in [2.75, 3.05) is 70.1 Å². The second-order valence-corrected chi connectivity index (χ2v) is 8.98. The average molecular weight is 518 g/mol. The van der Waals surface area contributed by atoms with Crippen LogP contribution >= 0.6 is 0 Å². The van der Waals surface area contributed by atoms with E-state index in [0.29, 0.717) is 39.9 Å². The van der Waals surface area contributed by atoms with Gasteiger partial charge in [-0.1, -0.05) is 0 Å². The zero-order valence-corrected chi connectivity index (χ0v) is 21.9. The van der Waals surface area contributed by atoms with Gasteiger partial charge in [-0.2, -0.15) is 0 Å². The lowest BCUT2D eigenvalue weighted by molar-refractivity contribution is 0.313. The normalized spacial score (nSPS) is 13.8. The maximum absolute atomic E-state index is 12.8. The molecule has 0 unspecified atom stereocenters. The predicted molar refractivity (Wildman–Crippen MR) is 149 cm³/mol. The second-order valence-electron chi connectivity index (χ2n) is 8.98. The van der Waals surface area contributed by atoms with E-state index >= 15 is 0 Å². The van der Waals surface area contributed by atoms with E-state index in [0.717, 1.165) is 31.9 Å². The molecule has 2 aromatic heterocycles. The van der Waals surface area contributed by atoms with Gasteiger partial charge in [0.1, 0.15) is 11.3 Å². The molecular weight excluding hydrogens is 486 g/mol. The van der Waals surface area contributed by atoms with Gasteiger partial charge in [0.25, 0.3) is 5.56 Å². The Bertz CT molecular complexity index is 1460. The monoisotopic (exact) mass is 517 g/mol. The molecule has 0 bridgehead atoms. The molecule has 2 aromatic carbocycles. The standard InChI is InChI=1S/C27H31N7O4/c1-33-11-13-34(14-12-33)19-7-5-17(6-8-19)28-23-10-9-20-25(31-23)32-27(35)26(30-20)29-18-15-21(36-2)24(38-4)22(16-18)37-3/h5-10,15-16H,11-14H2,1-4H3,(H,29,30)(H2,28,31,32,35). The van der Waals surface area contributed by atoms with E-state index in [1.54, 1.807) is 18.2 Å². The van der Waals surface area contributed by atoms with Crippen LogP contribution in [0, 0.1) is 0 Å². The molecule has 11 heteroatoms. The number of likely N-dealkylation sites (N-methyl/N-ethyl adjacent to an activating group) is 1. The summed E-state index contributed by atoms with van der Waals surface area (Å²) in [6.07, 6.45) is 0. The van der Waals surface area contributed by atoms with Crippen molar-refractivity contribution in [3.05, 3.63) is 58.9 Å². The Morgan fingerprint density at radius 3 is 2.13 bits per heavy atom. The van der Waals surface area contributed by atoms with Gasteiger partial charge in [0.15, 0.2) is 23.0 Å². The van der Waals surface area contributed by atoms with Crippen LogP contribution in [-0.2, 0) is 0 Å². The van der Waals surface area contributed by atoms with Crippen LogP contribution in [0.15, 0.2) is 53.3 Å². The lowest BCUT2D eigenvalue weighted by Gasteiger charge is -2.34. The minimum absolute atomic E-state index is 0.119. The highest BCUT2D eigenvalue weighted by Crippen LogP contribution is 2.40. The maximum Gasteiger partial charge on any atom is 0.292 e. The van der Waals surface area contributed by atoms with Crippen LogP contribution in [0.1, 0.15) is 0 Å². The number of nitrogens with one attached hydrogen (secondary N) is 3. The first-order valence-corrected chi connectivity index (χ1v) is 12.3. The number of aromatic amines is 1. The van der Waals surface area contributed by atoms with Crippen LogP contribution in [0.5, 0.6) is 17.2 Å². The van der Waals surface area contributed by atoms with Crippen LogP contribution in [0.3, 0.4) is 0 Å². The quantitative estimate of drug-likeness (QED) is 0.320. The number of nitrogens with zero attached hydrogens (tertiary/aromatic N) is 4. The number of rotatable bonds is 8. The Balaban J connectivity index is 1.33. The van der Waals surface area contributed by atoms with Crippen molar-refractivity contribution >= 4 is 39.9 Å². The topological polar surface area (TPSA) is 117 Å². The molecule has 0 saturated carbocycles. The molecule has 38 heavy (non-hydrogen) atoms. The number of pyridine rings is 1. The van der Waals surface area contributed by atoms with Crippen LogP contribution in [0.2, 0.25) is 0 Å². The minimum Gasteiger partial charge on any atom is -0.493 e. The number of ether oxygens (including phenoxy) is 3. The fourth-order valence-electron chi connectivity index (χ4n) is 4.38. The molecule has 4 aromatic rings. The number of H-pyrrole nitrogens is 1. The van der Waals surface area contributed by atoms with Gasteiger partial charge in [0.05, 0.1) is 21.3 Å². The van der Waals surface area contributed by atoms with Crippen molar-refractivity contribution in [1.29, 1.82) is 0 Å². The van der Waals surface area contributed by atoms with Gasteiger partial charge in [-0.05, 0) is 43.4 Å². The number of hydrogen-bond donors (Lipinski definition) is 3. The zero-order chi connectivity index (χ0) is 26.6. The summed E-state index contributed by atoms with van der Waals surface area (Å²) >= 11 is 0. The van der Waals surface area contributed by atoms with Gasteiger partial charge < -0.3 is 39.6 Å². The number of hydrogen-bond acceptors (Lipinski definition) is 10. The molecule has 5 rings (SSSR count). The SMILES string of the molecule is COc1cc(Nc2nc3ccc(Nc4ccc(N5CCN(C)CC5)cc4)nc3[nH]c2=O)cc(OC)c1OC. The summed E-state index contributed by atoms with van der Waals surface area (Å²) in [6.45, 7) is 4.17. The maximum atomic E-state index is 12.8. The van der Waals surface area contributed by atoms with E-state index in [2.05, 4.69) is 54.6 Å². The molecule has 198 valence electrons. The number of aromatic nitrogens is 3. The highest BCUT2D eigenvalue weighted by molar-refractivity contribution is 5.76. The third-order valence-electron chi connectivity index (χ3n) is 6.49. The summed E-state index contributed by atoms with van der Waals surface area (Å²) < 4.78 is 16.1. The third-order valence-corrected chi connectivity index (χ3v) is 6.49. The van der Waals surface area contributed by atoms with Gasteiger partial charge in [0, 0.05) is 55.4 Å². The number of methoxy groups -OCH3 is 3. The summed E-state index contributed by atoms with van der Waals surface area (Å²) in [4.78, 5) is 29.4. The first-order chi connectivity index (χ1) is 18.5. The van der Waals surface area contributed by atoms with Crippen molar-refractivity contribution in [2.45, 2.75) is 0 Å². The number of anilines is 5. The number of benzene rings is 2. The lowest BCUT2D eigenvalue weighted by Crippen LogP contribution is -2.44. The fourth-order valence-corrected chi connectivity index (χ4v) is 4.38. The van der Waals surface area contributed by atoms with Crippen molar-refractivity contribution in [3.63, 3.8) is 0 Å². The van der Waals surface area contributed by atoms with Gasteiger partial charge in [-0.25, -0.2) is 9.97 Å². The molecule has 1 aliphatic heterocycles. The van der Waals surface area contributed by atoms with Crippen molar-refractivity contribution < 1.29 is 14.2 Å². The highest BCUT2D eigenvalue weighted by atomic mass is 16.5. The van der Waals surface area contributed by atoms with Gasteiger partial charge in [-0.3, -0.25) is 4.79 Å². The van der Waals surface area contributed by atoms with E-state index in [1.165, 1.54) is 27.0 Å². The lowest BCUT2D eigenvalue weighted by atomic mass is 10.2. The highest BCUT2D eigenvalue weighted by Gasteiger charge is 2.16. The Morgan fingerprint density at radius 1 is 0.816 bits per heavy atom. The summed E-state index contributed by atoms with van der Waals surface area (Å²) in [5, 5.41) is 6.33. The first-order valence-electron chi connectivity index (χ1n) is 12.3. The van der Waals surface area contributed by atoms with Gasteiger partial charge in [-0.15, -0.1) is 0 Å². The Hall–Kier alpha value is -4.51. The Morgan fingerprint density at radius 2 is 1.50 bits per heavy atom. The van der Waals surface area contributed by atoms with Gasteiger partial charge in [0.2, 0.25) is 5.75 Å². The van der Waals surface area contributed by atoms with Crippen molar-refractivity contribution in [3.8, 4) is 17.2 Å². The molecule has 0 amide bonds. The second kappa shape index (κ2) is 10.9. The van der Waals surface area contributed by atoms with Crippen LogP contribution in [0.4, 0.5) is 28.7 Å². The average Bonchev–Trinajstić information content (AvgIpc) is 2.94. The largest absolute Gasteiger partial charge is 0.493 e. The molecule has 0 atom stereocenters. The summed E-state index contributed by atoms with van der Waals surface area (Å²) in [5.74, 6) is 2.10. The predicted octanol–water partition coefficient (Wildman–Crippen LogP) is 3.58. The Kier molecular flexibility index (Phi) is 7.18. The molecule has 0 radical (unpaired) electrons. The molecule has 3 heterocycles. The van der Waals surface area contributed by atoms with Gasteiger partial charge >= 0.3 is 0 Å². The number of piperazine rings is 1. The van der Waals surface area contributed by atoms with Crippen LogP contribution in [0.25, 0.3) is 11.2 Å². The fraction of sp³-hybridized carbons (Fsp3) is 0.296. The van der Waals surface area contributed by atoms with Crippen molar-refractivity contribution in [1.82, 2.24) is 19.9 Å². The van der Waals surface area contributed by atoms with Crippen LogP contribution < -0.4 is 35.3 Å². The van der Waals surface area contributed by atoms with E-state index in [9.17, 15) is 4.79 Å². The first kappa shape index (κ1) is 25.2. The smallest absolute Gasteiger partial charge is 0.292 e. The minimum atomic E-state index is -0.410. The Labute approximate surface area is 220 Å². The summed E-state index contributed by atoms with van der Waals surface area (Å²) in [6, 6.07) is 15.3. The molecular formula is C27H31N7O4. The third kappa shape index (κ3) is 5.28. The van der Waals surface area contributed by atoms with E-state index < -0.39 is 5.56 Å². The van der Waals surface area contributed by atoms with E-state index in [4.69, 9.17) is 14.2 Å². The summed E-state index contributed by atoms with van der Waals surface area (Å²) in [7, 11) is 6.74. The molecule has 3 N–H and O–H groups in total. The van der Waals surface area contributed by atoms with E-state index in [1.807, 2.05) is 18.2 Å².